The van der Waals surface area contributed by atoms with E-state index in [0.29, 0.717) is 28.0 Å². The minimum Gasteiger partial charge on any atom is -0.497 e. The number of aliphatic hydroxyl groups excluding tert-OH is 1. The quantitative estimate of drug-likeness (QED) is 0.194. The fourth-order valence-corrected chi connectivity index (χ4v) is 4.14. The second-order valence-corrected chi connectivity index (χ2v) is 9.80. The Bertz CT molecular complexity index is 1270. The van der Waals surface area contributed by atoms with Crippen LogP contribution in [-0.2, 0) is 4.79 Å². The molecule has 1 unspecified atom stereocenters. The van der Waals surface area contributed by atoms with Gasteiger partial charge in [0.05, 0.1) is 34.7 Å². The number of nitrogens with zero attached hydrogens (tertiary/aromatic N) is 1. The molecule has 1 amide bonds. The van der Waals surface area contributed by atoms with Gasteiger partial charge >= 0.3 is 0 Å². The number of carbonyl (C=O) groups excluding carboxylic acids is 1. The molecule has 4 rings (SSSR count). The second kappa shape index (κ2) is 15.3. The van der Waals surface area contributed by atoms with E-state index < -0.39 is 5.54 Å². The highest BCUT2D eigenvalue weighted by atomic mass is 35.5. The van der Waals surface area contributed by atoms with Crippen molar-refractivity contribution in [3.05, 3.63) is 71.8 Å². The molecule has 9 nitrogen and oxygen atoms in total. The van der Waals surface area contributed by atoms with Crippen molar-refractivity contribution in [3.8, 4) is 5.75 Å². The number of aliphatic hydroxyl groups is 1. The molecule has 0 spiro atoms. The van der Waals surface area contributed by atoms with E-state index in [-0.39, 0.29) is 12.1 Å². The fourth-order valence-electron chi connectivity index (χ4n) is 3.22. The number of aliphatic imine (C=N–C) groups is 1. The number of benzene rings is 3. The molecule has 0 saturated heterocycles. The van der Waals surface area contributed by atoms with Crippen LogP contribution in [0.3, 0.4) is 0 Å². The van der Waals surface area contributed by atoms with Gasteiger partial charge in [0.1, 0.15) is 17.8 Å². The third-order valence-corrected chi connectivity index (χ3v) is 6.30. The highest BCUT2D eigenvalue weighted by molar-refractivity contribution is 7.97. The molecule has 7 N–H and O–H groups in total. The predicted molar refractivity (Wildman–Crippen MR) is 164 cm³/mol. The normalized spacial score (nSPS) is 13.7. The third kappa shape index (κ3) is 9.15. The van der Waals surface area contributed by atoms with Crippen molar-refractivity contribution in [3.63, 3.8) is 0 Å². The van der Waals surface area contributed by atoms with Crippen molar-refractivity contribution in [1.82, 2.24) is 4.72 Å². The smallest absolute Gasteiger partial charge is 0.243 e. The van der Waals surface area contributed by atoms with Gasteiger partial charge in [0.25, 0.3) is 0 Å². The van der Waals surface area contributed by atoms with Crippen molar-refractivity contribution in [2.24, 2.45) is 10.7 Å². The molecule has 0 aliphatic carbocycles. The van der Waals surface area contributed by atoms with Crippen LogP contribution in [0, 0.1) is 0 Å². The van der Waals surface area contributed by atoms with E-state index in [0.717, 1.165) is 23.4 Å². The van der Waals surface area contributed by atoms with E-state index in [2.05, 4.69) is 20.7 Å². The van der Waals surface area contributed by atoms with Gasteiger partial charge in [-0.3, -0.25) is 4.79 Å². The summed E-state index contributed by atoms with van der Waals surface area (Å²) in [5, 5.41) is 17.2. The molecule has 3 aromatic rings. The molecule has 1 heterocycles. The highest BCUT2D eigenvalue weighted by Gasteiger charge is 2.24. The van der Waals surface area contributed by atoms with Crippen molar-refractivity contribution in [2.75, 3.05) is 30.2 Å². The molecule has 0 saturated carbocycles. The van der Waals surface area contributed by atoms with Crippen LogP contribution in [0.2, 0.25) is 5.02 Å². The van der Waals surface area contributed by atoms with Gasteiger partial charge in [0.15, 0.2) is 0 Å². The first-order chi connectivity index (χ1) is 18.7. The van der Waals surface area contributed by atoms with Gasteiger partial charge in [0.2, 0.25) is 5.91 Å². The lowest BCUT2D eigenvalue weighted by Gasteiger charge is -2.28. The number of rotatable bonds is 7. The summed E-state index contributed by atoms with van der Waals surface area (Å²) >= 11 is 7.82. The number of nitrogens with two attached hydrogens (primary N) is 1. The van der Waals surface area contributed by atoms with E-state index in [9.17, 15) is 4.79 Å². The van der Waals surface area contributed by atoms with Crippen LogP contribution in [0.1, 0.15) is 27.7 Å². The number of amides is 1. The maximum atomic E-state index is 12.2. The Morgan fingerprint density at radius 3 is 2.51 bits per heavy atom. The van der Waals surface area contributed by atoms with Crippen LogP contribution in [0.5, 0.6) is 5.75 Å². The summed E-state index contributed by atoms with van der Waals surface area (Å²) in [6.45, 7) is 7.33. The lowest BCUT2D eigenvalue weighted by atomic mass is 10.1. The molecule has 0 bridgehead atoms. The number of ether oxygens (including phenoxy) is 1. The fraction of sp³-hybridized carbons (Fsp3) is 0.286. The van der Waals surface area contributed by atoms with Crippen LogP contribution < -0.4 is 31.1 Å². The van der Waals surface area contributed by atoms with Gasteiger partial charge in [-0.25, -0.2) is 9.71 Å². The van der Waals surface area contributed by atoms with E-state index in [4.69, 9.17) is 32.2 Å². The predicted octanol–water partition coefficient (Wildman–Crippen LogP) is 5.85. The molecule has 39 heavy (non-hydrogen) atoms. The molecule has 0 fully saturated rings. The largest absolute Gasteiger partial charge is 0.497 e. The molecule has 0 aromatic heterocycles. The van der Waals surface area contributed by atoms with E-state index in [1.807, 2.05) is 68.4 Å². The topological polar surface area (TPSA) is 133 Å². The number of methoxy groups -OCH3 is 1. The van der Waals surface area contributed by atoms with Crippen molar-refractivity contribution >= 4 is 58.0 Å². The Morgan fingerprint density at radius 1 is 1.10 bits per heavy atom. The van der Waals surface area contributed by atoms with Crippen molar-refractivity contribution in [1.29, 1.82) is 0 Å². The minimum atomic E-state index is -0.973. The zero-order valence-electron chi connectivity index (χ0n) is 23.0. The summed E-state index contributed by atoms with van der Waals surface area (Å²) in [5.41, 5.74) is 7.97. The van der Waals surface area contributed by atoms with E-state index in [1.165, 1.54) is 11.9 Å². The molecule has 210 valence electrons. The first-order valence-electron chi connectivity index (χ1n) is 12.3. The molecular formula is C28H37ClN6O3S. The summed E-state index contributed by atoms with van der Waals surface area (Å²) in [6, 6.07) is 20.7. The number of anilines is 3. The Hall–Kier alpha value is -3.28. The van der Waals surface area contributed by atoms with Gasteiger partial charge in [-0.05, 0) is 68.3 Å². The number of nitrogens with one attached hydrogen (secondary N) is 4. The average Bonchev–Trinajstić information content (AvgIpc) is 2.95. The van der Waals surface area contributed by atoms with E-state index in [1.54, 1.807) is 33.1 Å². The molecule has 1 aliphatic rings. The summed E-state index contributed by atoms with van der Waals surface area (Å²) in [4.78, 5) is 18.0. The van der Waals surface area contributed by atoms with Gasteiger partial charge in [-0.1, -0.05) is 43.6 Å². The number of carbonyl (C=O) groups is 1. The molecular weight excluding hydrogens is 536 g/mol. The zero-order chi connectivity index (χ0) is 29.0. The summed E-state index contributed by atoms with van der Waals surface area (Å²) < 4.78 is 8.74. The van der Waals surface area contributed by atoms with Crippen molar-refractivity contribution < 1.29 is 14.6 Å². The second-order valence-electron chi connectivity index (χ2n) is 8.49. The van der Waals surface area contributed by atoms with Crippen LogP contribution in [0.25, 0.3) is 0 Å². The molecule has 3 aromatic carbocycles. The van der Waals surface area contributed by atoms with Crippen LogP contribution in [-0.4, -0.2) is 42.8 Å². The summed E-state index contributed by atoms with van der Waals surface area (Å²) in [5.74, 6) is 1.06. The summed E-state index contributed by atoms with van der Waals surface area (Å²) in [7, 11) is 2.61. The lowest BCUT2D eigenvalue weighted by Crippen LogP contribution is -2.45. The minimum absolute atomic E-state index is 0.257. The monoisotopic (exact) mass is 572 g/mol. The summed E-state index contributed by atoms with van der Waals surface area (Å²) in [6.07, 6.45) is -0.363. The standard InChI is InChI=1S/C25H27ClN6O2S.C2H6.CH4O/c1-25(2,27)24(33)28-15-7-6-8-17(13-15)35-32-23-22(29-19-9-4-5-10-20(19)30-23)31-21-14-16(34-3)11-12-18(21)26;2*1-2/h4-14,23,30,32H,27H2,1-3H3,(H,28,33)(H,29,31);1-2H3;2H,1H3. The van der Waals surface area contributed by atoms with Gasteiger partial charge in [-0.15, -0.1) is 0 Å². The van der Waals surface area contributed by atoms with Gasteiger partial charge in [0, 0.05) is 23.8 Å². The van der Waals surface area contributed by atoms with Crippen LogP contribution in [0.4, 0.5) is 22.7 Å². The Balaban J connectivity index is 0.00000127. The number of amidine groups is 1. The van der Waals surface area contributed by atoms with Crippen LogP contribution >= 0.6 is 23.5 Å². The lowest BCUT2D eigenvalue weighted by molar-refractivity contribution is -0.120. The first-order valence-corrected chi connectivity index (χ1v) is 13.5. The number of hydrogen-bond acceptors (Lipinski definition) is 9. The highest BCUT2D eigenvalue weighted by Crippen LogP contribution is 2.32. The molecule has 0 radical (unpaired) electrons. The van der Waals surface area contributed by atoms with Gasteiger partial charge < -0.3 is 31.5 Å². The average molecular weight is 573 g/mol. The van der Waals surface area contributed by atoms with Crippen LogP contribution in [0.15, 0.2) is 76.6 Å². The number of fused-ring (bicyclic) bond motifs is 1. The maximum Gasteiger partial charge on any atom is 0.243 e. The molecule has 1 atom stereocenters. The SMILES string of the molecule is CC.CO.COc1ccc(Cl)c(NC2=Nc3ccccc3NC2NSc2cccc(NC(=O)C(C)(C)N)c2)c1. The third-order valence-electron chi connectivity index (χ3n) is 5.13. The molecule has 11 heteroatoms. The van der Waals surface area contributed by atoms with E-state index >= 15 is 0 Å². The zero-order valence-corrected chi connectivity index (χ0v) is 24.6. The van der Waals surface area contributed by atoms with Gasteiger partial charge in [-0.2, -0.15) is 0 Å². The van der Waals surface area contributed by atoms with Crippen molar-refractivity contribution in [2.45, 2.75) is 44.3 Å². The molecule has 1 aliphatic heterocycles. The first kappa shape index (κ1) is 31.9. The Kier molecular flexibility index (Phi) is 12.6. The number of hydrogen-bond donors (Lipinski definition) is 6. The number of halogens is 1. The Morgan fingerprint density at radius 2 is 1.82 bits per heavy atom. The Labute approximate surface area is 239 Å². The maximum absolute atomic E-state index is 12.2. The number of para-hydroxylation sites is 2.